The number of aliphatic imine (C=N–C) groups is 2. The van der Waals surface area contributed by atoms with Crippen LogP contribution in [0.15, 0.2) is 38.7 Å². The molecule has 1 heterocycles. The first kappa shape index (κ1) is 15.1. The van der Waals surface area contributed by atoms with Crippen LogP contribution in [-0.4, -0.2) is 17.1 Å². The molecular weight excluding hydrogens is 346 g/mol. The van der Waals surface area contributed by atoms with Gasteiger partial charge in [0, 0.05) is 16.0 Å². The molecule has 0 spiro atoms. The van der Waals surface area contributed by atoms with Crippen molar-refractivity contribution < 1.29 is 0 Å². The molecule has 112 valence electrons. The van der Waals surface area contributed by atoms with Gasteiger partial charge in [-0.3, -0.25) is 0 Å². The van der Waals surface area contributed by atoms with E-state index in [1.807, 2.05) is 12.3 Å². The smallest absolute Gasteiger partial charge is 0.182 e. The molecule has 5 heteroatoms. The Balaban J connectivity index is 2.10. The van der Waals surface area contributed by atoms with Crippen LogP contribution in [0.25, 0.3) is 0 Å². The molecular formula is C16H20BrN3S. The zero-order chi connectivity index (χ0) is 14.9. The number of thioether (sulfide) groups is 1. The first-order valence-electron chi connectivity index (χ1n) is 7.41. The predicted octanol–water partition coefficient (Wildman–Crippen LogP) is 4.31. The van der Waals surface area contributed by atoms with E-state index in [1.165, 1.54) is 32.1 Å². The van der Waals surface area contributed by atoms with E-state index in [0.717, 1.165) is 15.1 Å². The standard InChI is InChI=1S/C16H20BrN3S/c1-21-15-14(18)19-16(20-15,11-6-3-2-4-7-11)12-8-5-9-13(17)10-12/h5,8-11H,2-4,6-7H2,1H3,(H2,18,19)/t16-/m1/s1. The molecule has 0 unspecified atom stereocenters. The number of benzene rings is 1. The highest BCUT2D eigenvalue weighted by Crippen LogP contribution is 2.46. The molecule has 0 aromatic heterocycles. The molecule has 1 atom stereocenters. The van der Waals surface area contributed by atoms with Crippen molar-refractivity contribution in [3.8, 4) is 0 Å². The SMILES string of the molecule is CSC1=N[C@@](c2cccc(Br)c2)(C2CCCCC2)N=C1N. The normalized spacial score (nSPS) is 26.6. The Morgan fingerprint density at radius 3 is 2.62 bits per heavy atom. The zero-order valence-electron chi connectivity index (χ0n) is 12.2. The summed E-state index contributed by atoms with van der Waals surface area (Å²) in [7, 11) is 0. The van der Waals surface area contributed by atoms with Crippen molar-refractivity contribution in [3.63, 3.8) is 0 Å². The number of halogens is 1. The maximum absolute atomic E-state index is 6.13. The van der Waals surface area contributed by atoms with E-state index in [9.17, 15) is 0 Å². The van der Waals surface area contributed by atoms with Crippen molar-refractivity contribution in [2.75, 3.05) is 6.26 Å². The molecule has 2 N–H and O–H groups in total. The van der Waals surface area contributed by atoms with E-state index in [2.05, 4.69) is 34.1 Å². The molecule has 1 fully saturated rings. The van der Waals surface area contributed by atoms with Gasteiger partial charge in [0.1, 0.15) is 5.04 Å². The summed E-state index contributed by atoms with van der Waals surface area (Å²) < 4.78 is 1.07. The summed E-state index contributed by atoms with van der Waals surface area (Å²) in [6.07, 6.45) is 8.21. The van der Waals surface area contributed by atoms with E-state index in [1.54, 1.807) is 11.8 Å². The second-order valence-corrected chi connectivity index (χ2v) is 7.40. The van der Waals surface area contributed by atoms with Gasteiger partial charge in [0.2, 0.25) is 0 Å². The first-order chi connectivity index (χ1) is 10.2. The van der Waals surface area contributed by atoms with Crippen LogP contribution >= 0.6 is 27.7 Å². The highest BCUT2D eigenvalue weighted by Gasteiger charge is 2.44. The molecule has 2 aliphatic rings. The predicted molar refractivity (Wildman–Crippen MR) is 95.0 cm³/mol. The highest BCUT2D eigenvalue weighted by atomic mass is 79.9. The van der Waals surface area contributed by atoms with E-state index < -0.39 is 5.66 Å². The Labute approximate surface area is 138 Å². The van der Waals surface area contributed by atoms with Crippen LogP contribution in [0.4, 0.5) is 0 Å². The highest BCUT2D eigenvalue weighted by molar-refractivity contribution is 9.10. The van der Waals surface area contributed by atoms with Crippen LogP contribution in [0.1, 0.15) is 37.7 Å². The minimum atomic E-state index is -0.507. The molecule has 1 aromatic rings. The number of hydrogen-bond acceptors (Lipinski definition) is 4. The van der Waals surface area contributed by atoms with Gasteiger partial charge in [-0.05, 0) is 31.2 Å². The van der Waals surface area contributed by atoms with Gasteiger partial charge in [0.25, 0.3) is 0 Å². The van der Waals surface area contributed by atoms with Crippen molar-refractivity contribution in [2.24, 2.45) is 21.6 Å². The third kappa shape index (κ3) is 2.78. The van der Waals surface area contributed by atoms with Gasteiger partial charge >= 0.3 is 0 Å². The largest absolute Gasteiger partial charge is 0.382 e. The van der Waals surface area contributed by atoms with E-state index in [-0.39, 0.29) is 0 Å². The zero-order valence-corrected chi connectivity index (χ0v) is 14.6. The van der Waals surface area contributed by atoms with Crippen molar-refractivity contribution in [1.29, 1.82) is 0 Å². The van der Waals surface area contributed by atoms with Crippen LogP contribution < -0.4 is 5.73 Å². The van der Waals surface area contributed by atoms with Gasteiger partial charge < -0.3 is 5.73 Å². The average molecular weight is 366 g/mol. The molecule has 3 nitrogen and oxygen atoms in total. The average Bonchev–Trinajstić information content (AvgIpc) is 2.86. The third-order valence-corrected chi connectivity index (χ3v) is 5.58. The Hall–Kier alpha value is -0.810. The van der Waals surface area contributed by atoms with Gasteiger partial charge in [0.05, 0.1) is 0 Å². The lowest BCUT2D eigenvalue weighted by molar-refractivity contribution is 0.220. The number of nitrogens with zero attached hydrogens (tertiary/aromatic N) is 2. The quantitative estimate of drug-likeness (QED) is 0.848. The van der Waals surface area contributed by atoms with Gasteiger partial charge in [-0.1, -0.05) is 47.3 Å². The summed E-state index contributed by atoms with van der Waals surface area (Å²) in [6, 6.07) is 8.36. The van der Waals surface area contributed by atoms with Crippen molar-refractivity contribution >= 4 is 38.6 Å². The fourth-order valence-electron chi connectivity index (χ4n) is 3.39. The van der Waals surface area contributed by atoms with Gasteiger partial charge in [-0.15, -0.1) is 11.8 Å². The number of amidine groups is 1. The summed E-state index contributed by atoms with van der Waals surface area (Å²) >= 11 is 5.16. The molecule has 1 saturated carbocycles. The minimum absolute atomic E-state index is 0.448. The van der Waals surface area contributed by atoms with Crippen LogP contribution in [0.5, 0.6) is 0 Å². The number of rotatable bonds is 2. The maximum Gasteiger partial charge on any atom is 0.182 e. The van der Waals surface area contributed by atoms with Gasteiger partial charge in [0.15, 0.2) is 11.5 Å². The Kier molecular flexibility index (Phi) is 4.41. The minimum Gasteiger partial charge on any atom is -0.382 e. The molecule has 0 amide bonds. The number of hydrogen-bond donors (Lipinski definition) is 1. The summed E-state index contributed by atoms with van der Waals surface area (Å²) in [5.41, 5.74) is 6.78. The molecule has 0 saturated heterocycles. The Bertz CT molecular complexity index is 593. The maximum atomic E-state index is 6.13. The summed E-state index contributed by atoms with van der Waals surface area (Å²) in [4.78, 5) is 9.84. The van der Waals surface area contributed by atoms with Crippen molar-refractivity contribution in [2.45, 2.75) is 37.8 Å². The third-order valence-electron chi connectivity index (χ3n) is 4.40. The Morgan fingerprint density at radius 1 is 1.24 bits per heavy atom. The summed E-state index contributed by atoms with van der Waals surface area (Å²) in [5, 5.41) is 0.876. The molecule has 1 aromatic carbocycles. The monoisotopic (exact) mass is 365 g/mol. The summed E-state index contributed by atoms with van der Waals surface area (Å²) in [6.45, 7) is 0. The van der Waals surface area contributed by atoms with E-state index >= 15 is 0 Å². The van der Waals surface area contributed by atoms with Gasteiger partial charge in [-0.2, -0.15) is 0 Å². The van der Waals surface area contributed by atoms with Crippen LogP contribution in [0.3, 0.4) is 0 Å². The topological polar surface area (TPSA) is 50.7 Å². The van der Waals surface area contributed by atoms with Crippen molar-refractivity contribution in [3.05, 3.63) is 34.3 Å². The lowest BCUT2D eigenvalue weighted by Gasteiger charge is -2.35. The molecule has 0 radical (unpaired) electrons. The van der Waals surface area contributed by atoms with Crippen LogP contribution in [0, 0.1) is 5.92 Å². The van der Waals surface area contributed by atoms with Crippen LogP contribution in [0.2, 0.25) is 0 Å². The lowest BCUT2D eigenvalue weighted by atomic mass is 9.77. The Morgan fingerprint density at radius 2 is 2.00 bits per heavy atom. The fraction of sp³-hybridized carbons (Fsp3) is 0.500. The fourth-order valence-corrected chi connectivity index (χ4v) is 4.27. The van der Waals surface area contributed by atoms with Crippen molar-refractivity contribution in [1.82, 2.24) is 0 Å². The van der Waals surface area contributed by atoms with Crippen LogP contribution in [-0.2, 0) is 5.66 Å². The number of nitrogens with two attached hydrogens (primary N) is 1. The second kappa shape index (κ2) is 6.13. The van der Waals surface area contributed by atoms with E-state index in [0.29, 0.717) is 11.8 Å². The molecule has 0 bridgehead atoms. The summed E-state index contributed by atoms with van der Waals surface area (Å²) in [5.74, 6) is 1.04. The molecule has 3 rings (SSSR count). The second-order valence-electron chi connectivity index (χ2n) is 5.69. The first-order valence-corrected chi connectivity index (χ1v) is 9.43. The van der Waals surface area contributed by atoms with Gasteiger partial charge in [-0.25, -0.2) is 9.98 Å². The molecule has 1 aliphatic heterocycles. The lowest BCUT2D eigenvalue weighted by Crippen LogP contribution is -2.32. The van der Waals surface area contributed by atoms with E-state index in [4.69, 9.17) is 15.7 Å². The molecule has 1 aliphatic carbocycles. The molecule has 21 heavy (non-hydrogen) atoms.